The largest absolute Gasteiger partial charge is 0.478 e. The Morgan fingerprint density at radius 1 is 1.38 bits per heavy atom. The van der Waals surface area contributed by atoms with E-state index in [1.165, 1.54) is 15.3 Å². The van der Waals surface area contributed by atoms with Gasteiger partial charge in [-0.25, -0.2) is 9.48 Å². The molecule has 0 aliphatic rings. The molecule has 2 aromatic heterocycles. The number of aromatic nitrogens is 3. The molecule has 108 valence electrons. The van der Waals surface area contributed by atoms with Gasteiger partial charge in [-0.3, -0.25) is 0 Å². The van der Waals surface area contributed by atoms with Crippen LogP contribution in [-0.2, 0) is 0 Å². The summed E-state index contributed by atoms with van der Waals surface area (Å²) < 4.78 is 1.79. The first kappa shape index (κ1) is 13.8. The third-order valence-electron chi connectivity index (χ3n) is 3.63. The number of rotatable bonds is 3. The van der Waals surface area contributed by atoms with Gasteiger partial charge in [0.15, 0.2) is 0 Å². The first-order valence-electron chi connectivity index (χ1n) is 6.63. The normalized spacial score (nSPS) is 12.7. The Morgan fingerprint density at radius 2 is 2.14 bits per heavy atom. The highest BCUT2D eigenvalue weighted by Gasteiger charge is 2.19. The Labute approximate surface area is 125 Å². The van der Waals surface area contributed by atoms with E-state index in [1.54, 1.807) is 28.2 Å². The number of carboxylic acid groups (broad SMARTS) is 1. The number of nitrogens with zero attached hydrogens (tertiary/aromatic N) is 3. The highest BCUT2D eigenvalue weighted by atomic mass is 32.1. The zero-order valence-corrected chi connectivity index (χ0v) is 12.8. The standard InChI is InChI=1S/C15H15N3O2S/c1-8-7-12(10(3)21-8)9(2)18-13-6-4-5-11(15(19)20)14(13)16-17-18/h4-7,9H,1-3H3,(H,19,20). The molecule has 6 heteroatoms. The van der Waals surface area contributed by atoms with E-state index < -0.39 is 5.97 Å². The molecule has 0 amide bonds. The van der Waals surface area contributed by atoms with Gasteiger partial charge < -0.3 is 5.11 Å². The Kier molecular flexibility index (Phi) is 3.25. The van der Waals surface area contributed by atoms with Gasteiger partial charge in [0, 0.05) is 9.75 Å². The zero-order chi connectivity index (χ0) is 15.1. The number of benzene rings is 1. The first-order valence-corrected chi connectivity index (χ1v) is 7.45. The number of thiophene rings is 1. The van der Waals surface area contributed by atoms with Gasteiger partial charge in [-0.2, -0.15) is 0 Å². The SMILES string of the molecule is Cc1cc(C(C)n2nnc3c(C(=O)O)cccc32)c(C)s1. The minimum atomic E-state index is -0.983. The van der Waals surface area contributed by atoms with Crippen LogP contribution in [0.5, 0.6) is 0 Å². The number of hydrogen-bond acceptors (Lipinski definition) is 4. The van der Waals surface area contributed by atoms with Crippen LogP contribution in [0.25, 0.3) is 11.0 Å². The molecule has 0 fully saturated rings. The van der Waals surface area contributed by atoms with Crippen LogP contribution in [0.1, 0.15) is 38.6 Å². The summed E-state index contributed by atoms with van der Waals surface area (Å²) in [6, 6.07) is 7.30. The van der Waals surface area contributed by atoms with E-state index in [0.29, 0.717) is 5.52 Å². The fraction of sp³-hybridized carbons (Fsp3) is 0.267. The van der Waals surface area contributed by atoms with Crippen molar-refractivity contribution in [3.63, 3.8) is 0 Å². The molecule has 0 radical (unpaired) electrons. The van der Waals surface area contributed by atoms with E-state index in [1.807, 2.05) is 6.07 Å². The molecule has 1 unspecified atom stereocenters. The van der Waals surface area contributed by atoms with Crippen molar-refractivity contribution < 1.29 is 9.90 Å². The van der Waals surface area contributed by atoms with Crippen LogP contribution < -0.4 is 0 Å². The van der Waals surface area contributed by atoms with Crippen LogP contribution in [0.2, 0.25) is 0 Å². The van der Waals surface area contributed by atoms with Crippen molar-refractivity contribution in [2.45, 2.75) is 26.8 Å². The zero-order valence-electron chi connectivity index (χ0n) is 12.0. The highest BCUT2D eigenvalue weighted by Crippen LogP contribution is 2.30. The fourth-order valence-electron chi connectivity index (χ4n) is 2.62. The number of fused-ring (bicyclic) bond motifs is 1. The molecule has 2 heterocycles. The van der Waals surface area contributed by atoms with Gasteiger partial charge in [0.2, 0.25) is 0 Å². The monoisotopic (exact) mass is 301 g/mol. The van der Waals surface area contributed by atoms with Gasteiger partial charge in [0.1, 0.15) is 5.52 Å². The maximum absolute atomic E-state index is 11.2. The third kappa shape index (κ3) is 2.21. The second-order valence-electron chi connectivity index (χ2n) is 5.06. The van der Waals surface area contributed by atoms with E-state index in [2.05, 4.69) is 37.1 Å². The van der Waals surface area contributed by atoms with Crippen molar-refractivity contribution in [1.29, 1.82) is 0 Å². The molecule has 1 atom stereocenters. The number of aryl methyl sites for hydroxylation is 2. The summed E-state index contributed by atoms with van der Waals surface area (Å²) in [5.41, 5.74) is 2.56. The molecule has 0 spiro atoms. The molecule has 1 aromatic carbocycles. The van der Waals surface area contributed by atoms with Gasteiger partial charge in [-0.1, -0.05) is 11.3 Å². The van der Waals surface area contributed by atoms with Gasteiger partial charge >= 0.3 is 5.97 Å². The average Bonchev–Trinajstić information content (AvgIpc) is 3.00. The van der Waals surface area contributed by atoms with Gasteiger partial charge in [0.05, 0.1) is 17.1 Å². The summed E-state index contributed by atoms with van der Waals surface area (Å²) in [5.74, 6) is -0.983. The quantitative estimate of drug-likeness (QED) is 0.805. The Bertz CT molecular complexity index is 835. The fourth-order valence-corrected chi connectivity index (χ4v) is 3.63. The molecule has 3 rings (SSSR count). The second-order valence-corrected chi connectivity index (χ2v) is 6.52. The average molecular weight is 301 g/mol. The van der Waals surface area contributed by atoms with Crippen molar-refractivity contribution >= 4 is 28.3 Å². The summed E-state index contributed by atoms with van der Waals surface area (Å²) in [5, 5.41) is 17.5. The van der Waals surface area contributed by atoms with Gasteiger partial charge in [0.25, 0.3) is 0 Å². The van der Waals surface area contributed by atoms with Crippen molar-refractivity contribution in [1.82, 2.24) is 15.0 Å². The Morgan fingerprint density at radius 3 is 2.76 bits per heavy atom. The molecule has 0 saturated carbocycles. The number of carboxylic acids is 1. The molecular weight excluding hydrogens is 286 g/mol. The van der Waals surface area contributed by atoms with E-state index >= 15 is 0 Å². The van der Waals surface area contributed by atoms with E-state index in [4.69, 9.17) is 0 Å². The maximum Gasteiger partial charge on any atom is 0.338 e. The molecule has 21 heavy (non-hydrogen) atoms. The molecule has 0 saturated heterocycles. The van der Waals surface area contributed by atoms with Crippen LogP contribution in [0.3, 0.4) is 0 Å². The van der Waals surface area contributed by atoms with E-state index in [9.17, 15) is 9.90 Å². The molecular formula is C15H15N3O2S. The summed E-state index contributed by atoms with van der Waals surface area (Å²) in [6.07, 6.45) is 0. The number of aromatic carboxylic acids is 1. The Hall–Kier alpha value is -2.21. The predicted octanol–water partition coefficient (Wildman–Crippen LogP) is 3.42. The summed E-state index contributed by atoms with van der Waals surface area (Å²) in [6.45, 7) is 6.22. The maximum atomic E-state index is 11.2. The first-order chi connectivity index (χ1) is 9.99. The van der Waals surface area contributed by atoms with Crippen LogP contribution in [-0.4, -0.2) is 26.1 Å². The lowest BCUT2D eigenvalue weighted by Gasteiger charge is -2.12. The van der Waals surface area contributed by atoms with Crippen LogP contribution >= 0.6 is 11.3 Å². The third-order valence-corrected chi connectivity index (χ3v) is 4.61. The number of hydrogen-bond donors (Lipinski definition) is 1. The van der Waals surface area contributed by atoms with E-state index in [0.717, 1.165) is 5.52 Å². The lowest BCUT2D eigenvalue weighted by Crippen LogP contribution is -2.08. The van der Waals surface area contributed by atoms with E-state index in [-0.39, 0.29) is 11.6 Å². The smallest absolute Gasteiger partial charge is 0.338 e. The molecule has 1 N–H and O–H groups in total. The van der Waals surface area contributed by atoms with Crippen molar-refractivity contribution in [2.75, 3.05) is 0 Å². The lowest BCUT2D eigenvalue weighted by molar-refractivity contribution is 0.0699. The highest BCUT2D eigenvalue weighted by molar-refractivity contribution is 7.12. The molecule has 0 aliphatic carbocycles. The predicted molar refractivity (Wildman–Crippen MR) is 82.1 cm³/mol. The van der Waals surface area contributed by atoms with Crippen molar-refractivity contribution in [3.8, 4) is 0 Å². The van der Waals surface area contributed by atoms with Crippen LogP contribution in [0.4, 0.5) is 0 Å². The van der Waals surface area contributed by atoms with Crippen molar-refractivity contribution in [3.05, 3.63) is 45.1 Å². The topological polar surface area (TPSA) is 68.0 Å². The minimum Gasteiger partial charge on any atom is -0.478 e. The van der Waals surface area contributed by atoms with Gasteiger partial charge in [-0.15, -0.1) is 16.4 Å². The number of carbonyl (C=O) groups is 1. The summed E-state index contributed by atoms with van der Waals surface area (Å²) in [7, 11) is 0. The van der Waals surface area contributed by atoms with Crippen LogP contribution in [0.15, 0.2) is 24.3 Å². The molecule has 3 aromatic rings. The summed E-state index contributed by atoms with van der Waals surface area (Å²) in [4.78, 5) is 13.7. The lowest BCUT2D eigenvalue weighted by atomic mass is 10.1. The Balaban J connectivity index is 2.15. The summed E-state index contributed by atoms with van der Waals surface area (Å²) >= 11 is 1.75. The van der Waals surface area contributed by atoms with Crippen molar-refractivity contribution in [2.24, 2.45) is 0 Å². The second kappa shape index (κ2) is 4.96. The molecule has 5 nitrogen and oxygen atoms in total. The molecule has 0 bridgehead atoms. The molecule has 0 aliphatic heterocycles. The van der Waals surface area contributed by atoms with Crippen LogP contribution in [0, 0.1) is 13.8 Å². The van der Waals surface area contributed by atoms with Gasteiger partial charge in [-0.05, 0) is 44.5 Å². The minimum absolute atomic E-state index is 0.0176.